The van der Waals surface area contributed by atoms with Crippen LogP contribution >= 0.6 is 7.82 Å². The first-order chi connectivity index (χ1) is 23.7. The summed E-state index contributed by atoms with van der Waals surface area (Å²) >= 11 is 0. The minimum absolute atomic E-state index is 0. The van der Waals surface area contributed by atoms with E-state index in [1.54, 1.807) is 0 Å². The third kappa shape index (κ3) is 13.9. The van der Waals surface area contributed by atoms with Crippen molar-refractivity contribution in [2.75, 3.05) is 0 Å². The summed E-state index contributed by atoms with van der Waals surface area (Å²) in [4.78, 5) is 101. The molecule has 0 unspecified atom stereocenters. The normalized spacial score (nSPS) is 19.2. The van der Waals surface area contributed by atoms with Gasteiger partial charge >= 0.3 is 59.1 Å². The molecule has 2 aromatic carbocycles. The van der Waals surface area contributed by atoms with E-state index < -0.39 is 67.4 Å². The first-order valence-electron chi connectivity index (χ1n) is 16.3. The van der Waals surface area contributed by atoms with Crippen LogP contribution in [0, 0.1) is 0 Å². The van der Waals surface area contributed by atoms with Crippen LogP contribution in [0.1, 0.15) is 63.0 Å². The molecule has 2 saturated heterocycles. The van der Waals surface area contributed by atoms with Crippen molar-refractivity contribution >= 4 is 43.3 Å². The minimum atomic E-state index is -5.26. The third-order valence-corrected chi connectivity index (χ3v) is 9.04. The number of carbonyl (C=O) groups is 6. The standard InChI is InChI=1S/C33H43N6O10P.2Na/c1-20(40)36-27(18-21-10-13-24(14-11-21)49-50(46,47)48)31(43)38-26-9-5-8-23-12-16-28(39(23)33(26)45)32(44)37-25(15-17-29(34)41)30(42)35-19-22-6-3-2-4-7-22;;/h2-4,6-7,10-11,13-14,23,25-28H,5,8-9,12,15-19H2,1H3,(H2,34,41)(H,35,42)(H,36,40)(H,37,44)(H,38,43)(H2,46,47,48);;/q;2*+1/p-2/t23-,25-,26-,27-,28-;;/m0../s1. The molecular weight excluding hydrogens is 717 g/mol. The molecular formula is C33H41N6Na2O10P. The number of hydrogen-bond acceptors (Lipinski definition) is 10. The number of amides is 6. The van der Waals surface area contributed by atoms with E-state index >= 15 is 0 Å². The van der Waals surface area contributed by atoms with Crippen molar-refractivity contribution in [2.45, 2.75) is 95.0 Å². The Morgan fingerprint density at radius 3 is 2.19 bits per heavy atom. The second-order valence-electron chi connectivity index (χ2n) is 12.4. The average molecular weight is 759 g/mol. The molecule has 2 aliphatic heterocycles. The maximum atomic E-state index is 13.9. The van der Waals surface area contributed by atoms with E-state index in [0.29, 0.717) is 31.2 Å². The number of phosphoric acid groups is 1. The SMILES string of the molecule is CC(=O)N[C@@H](Cc1ccc(OP(=O)([O-])[O-])cc1)C(=O)N[C@H]1CCC[C@H]2CC[C@@H](C(=O)N[C@@H](CCC(N)=O)C(=O)NCc3ccccc3)N2C1=O.[Na+].[Na+]. The molecule has 4 rings (SSSR count). The summed E-state index contributed by atoms with van der Waals surface area (Å²) in [6.45, 7) is 1.43. The Balaban J connectivity index is 0.00000468. The van der Waals surface area contributed by atoms with Crippen LogP contribution in [0.4, 0.5) is 0 Å². The molecule has 0 bridgehead atoms. The van der Waals surface area contributed by atoms with E-state index in [2.05, 4.69) is 25.8 Å². The molecule has 2 aliphatic rings. The van der Waals surface area contributed by atoms with Gasteiger partial charge in [-0.05, 0) is 61.8 Å². The second-order valence-corrected chi connectivity index (χ2v) is 13.5. The van der Waals surface area contributed by atoms with E-state index in [4.69, 9.17) is 5.73 Å². The Morgan fingerprint density at radius 2 is 1.58 bits per heavy atom. The fourth-order valence-electron chi connectivity index (χ4n) is 6.26. The van der Waals surface area contributed by atoms with Crippen LogP contribution < -0.4 is 100 Å². The molecule has 2 aromatic rings. The Bertz CT molecular complexity index is 1610. The Morgan fingerprint density at radius 1 is 0.904 bits per heavy atom. The number of benzene rings is 2. The van der Waals surface area contributed by atoms with E-state index in [0.717, 1.165) is 5.56 Å². The average Bonchev–Trinajstić information content (AvgIpc) is 3.42. The van der Waals surface area contributed by atoms with Crippen molar-refractivity contribution in [1.82, 2.24) is 26.2 Å². The van der Waals surface area contributed by atoms with Gasteiger partial charge in [0.1, 0.15) is 37.7 Å². The van der Waals surface area contributed by atoms with Crippen LogP contribution in [0.5, 0.6) is 5.75 Å². The number of nitrogens with one attached hydrogen (secondary N) is 4. The van der Waals surface area contributed by atoms with Crippen LogP contribution in [-0.2, 0) is 46.3 Å². The predicted molar refractivity (Wildman–Crippen MR) is 174 cm³/mol. The number of rotatable bonds is 15. The number of hydrogen-bond donors (Lipinski definition) is 5. The fraction of sp³-hybridized carbons (Fsp3) is 0.455. The second kappa shape index (κ2) is 21.2. The Labute approximate surface area is 345 Å². The number of nitrogens with zero attached hydrogens (tertiary/aromatic N) is 1. The zero-order valence-corrected chi connectivity index (χ0v) is 34.4. The number of carbonyl (C=O) groups excluding carboxylic acids is 6. The predicted octanol–water partition coefficient (Wildman–Crippen LogP) is -6.96. The van der Waals surface area contributed by atoms with E-state index in [-0.39, 0.29) is 103 Å². The molecule has 0 aromatic heterocycles. The largest absolute Gasteiger partial charge is 1.00 e. The van der Waals surface area contributed by atoms with Gasteiger partial charge in [-0.1, -0.05) is 42.5 Å². The van der Waals surface area contributed by atoms with Gasteiger partial charge in [0.2, 0.25) is 35.4 Å². The van der Waals surface area contributed by atoms with Gasteiger partial charge in [0, 0.05) is 32.4 Å². The maximum Gasteiger partial charge on any atom is 1.00 e. The van der Waals surface area contributed by atoms with Crippen LogP contribution in [0.2, 0.25) is 0 Å². The summed E-state index contributed by atoms with van der Waals surface area (Å²) in [6.07, 6.45) is 2.11. The van der Waals surface area contributed by atoms with Crippen LogP contribution in [0.3, 0.4) is 0 Å². The molecule has 19 heteroatoms. The van der Waals surface area contributed by atoms with Crippen molar-refractivity contribution in [2.24, 2.45) is 5.73 Å². The zero-order chi connectivity index (χ0) is 36.4. The molecule has 270 valence electrons. The van der Waals surface area contributed by atoms with Gasteiger partial charge in [0.15, 0.2) is 0 Å². The Hall–Kier alpha value is -2.79. The molecule has 2 heterocycles. The first-order valence-corrected chi connectivity index (χ1v) is 17.8. The molecule has 0 aliphatic carbocycles. The summed E-state index contributed by atoms with van der Waals surface area (Å²) in [7, 11) is -5.26. The summed E-state index contributed by atoms with van der Waals surface area (Å²) in [5, 5.41) is 10.8. The smallest absolute Gasteiger partial charge is 0.780 e. The topological polar surface area (TPSA) is 252 Å². The molecule has 52 heavy (non-hydrogen) atoms. The molecule has 0 spiro atoms. The van der Waals surface area contributed by atoms with Gasteiger partial charge in [0.05, 0.1) is 0 Å². The van der Waals surface area contributed by atoms with Gasteiger partial charge in [-0.25, -0.2) is 0 Å². The third-order valence-electron chi connectivity index (χ3n) is 8.60. The van der Waals surface area contributed by atoms with Gasteiger partial charge in [-0.3, -0.25) is 28.8 Å². The summed E-state index contributed by atoms with van der Waals surface area (Å²) in [6, 6.07) is 10.1. The number of primary amides is 1. The van der Waals surface area contributed by atoms with Crippen molar-refractivity contribution in [3.05, 3.63) is 65.7 Å². The van der Waals surface area contributed by atoms with Crippen molar-refractivity contribution in [3.63, 3.8) is 0 Å². The summed E-state index contributed by atoms with van der Waals surface area (Å²) in [5.74, 6) is -3.55. The van der Waals surface area contributed by atoms with Crippen LogP contribution in [0.25, 0.3) is 0 Å². The molecule has 6 amide bonds. The van der Waals surface area contributed by atoms with Crippen LogP contribution in [-0.4, -0.2) is 70.6 Å². The molecule has 0 saturated carbocycles. The maximum absolute atomic E-state index is 13.9. The number of phosphoric ester groups is 1. The summed E-state index contributed by atoms with van der Waals surface area (Å²) < 4.78 is 15.2. The van der Waals surface area contributed by atoms with E-state index in [9.17, 15) is 43.1 Å². The van der Waals surface area contributed by atoms with Gasteiger partial charge < -0.3 is 50.8 Å². The van der Waals surface area contributed by atoms with Gasteiger partial charge in [-0.15, -0.1) is 0 Å². The molecule has 16 nitrogen and oxygen atoms in total. The molecule has 2 fully saturated rings. The van der Waals surface area contributed by atoms with Crippen molar-refractivity contribution in [3.8, 4) is 5.75 Å². The van der Waals surface area contributed by atoms with Gasteiger partial charge in [-0.2, -0.15) is 0 Å². The number of fused-ring (bicyclic) bond motifs is 1. The molecule has 5 atom stereocenters. The van der Waals surface area contributed by atoms with Crippen molar-refractivity contribution < 1.29 is 107 Å². The van der Waals surface area contributed by atoms with Gasteiger partial charge in [0.25, 0.3) is 0 Å². The first kappa shape index (κ1) is 45.4. The minimum Gasteiger partial charge on any atom is -0.780 e. The Kier molecular flexibility index (Phi) is 18.5. The van der Waals surface area contributed by atoms with E-state index in [1.807, 2.05) is 30.3 Å². The molecule has 6 N–H and O–H groups in total. The quantitative estimate of drug-likeness (QED) is 0.0848. The van der Waals surface area contributed by atoms with Crippen molar-refractivity contribution in [1.29, 1.82) is 0 Å². The summed E-state index contributed by atoms with van der Waals surface area (Å²) in [5.41, 5.74) is 6.66. The monoisotopic (exact) mass is 758 g/mol. The molecule has 0 radical (unpaired) electrons. The zero-order valence-electron chi connectivity index (χ0n) is 29.5. The number of nitrogens with two attached hydrogens (primary N) is 1. The van der Waals surface area contributed by atoms with Crippen LogP contribution in [0.15, 0.2) is 54.6 Å². The van der Waals surface area contributed by atoms with E-state index in [1.165, 1.54) is 36.1 Å². The fourth-order valence-corrected chi connectivity index (χ4v) is 6.64.